The molecule has 0 fully saturated rings. The second-order valence-electron chi connectivity index (χ2n) is 4.33. The number of halogens is 2. The van der Waals surface area contributed by atoms with Crippen molar-refractivity contribution < 1.29 is 0 Å². The summed E-state index contributed by atoms with van der Waals surface area (Å²) >= 11 is 9.39. The van der Waals surface area contributed by atoms with E-state index in [9.17, 15) is 9.59 Å². The molecular weight excluding hydrogens is 346 g/mol. The smallest absolute Gasteiger partial charge is 0.330 e. The van der Waals surface area contributed by atoms with Gasteiger partial charge in [0.25, 0.3) is 5.56 Å². The fourth-order valence-electron chi connectivity index (χ4n) is 1.77. The molecule has 0 saturated heterocycles. The zero-order chi connectivity index (χ0) is 14.9. The van der Waals surface area contributed by atoms with E-state index in [0.717, 1.165) is 14.7 Å². The molecule has 2 aromatic rings. The van der Waals surface area contributed by atoms with Crippen LogP contribution in [-0.4, -0.2) is 9.13 Å². The summed E-state index contributed by atoms with van der Waals surface area (Å²) in [5.74, 6) is 0. The molecule has 2 rings (SSSR count). The number of rotatable bonds is 3. The molecule has 5 nitrogen and oxygen atoms in total. The highest BCUT2D eigenvalue weighted by atomic mass is 79.9. The Morgan fingerprint density at radius 3 is 2.65 bits per heavy atom. The monoisotopic (exact) mass is 357 g/mol. The first-order valence-electron chi connectivity index (χ1n) is 5.85. The Morgan fingerprint density at radius 1 is 1.25 bits per heavy atom. The summed E-state index contributed by atoms with van der Waals surface area (Å²) in [6, 6.07) is 6.88. The summed E-state index contributed by atoms with van der Waals surface area (Å²) in [5.41, 5.74) is 0.727. The maximum atomic E-state index is 11.8. The van der Waals surface area contributed by atoms with E-state index in [2.05, 4.69) is 21.2 Å². The molecule has 0 atom stereocenters. The van der Waals surface area contributed by atoms with Gasteiger partial charge in [0.15, 0.2) is 0 Å². The predicted molar refractivity (Wildman–Crippen MR) is 83.4 cm³/mol. The molecule has 0 unspecified atom stereocenters. The number of aromatic nitrogens is 2. The lowest BCUT2D eigenvalue weighted by molar-refractivity contribution is 0.655. The molecule has 0 amide bonds. The van der Waals surface area contributed by atoms with Crippen LogP contribution in [0.15, 0.2) is 38.3 Å². The Bertz CT molecular complexity index is 767. The SMILES string of the molecule is Cn1c(CNc2cccc(Cl)c2Br)cc(=O)n(C)c1=O. The summed E-state index contributed by atoms with van der Waals surface area (Å²) in [6.07, 6.45) is 0. The van der Waals surface area contributed by atoms with Gasteiger partial charge in [-0.15, -0.1) is 0 Å². The van der Waals surface area contributed by atoms with Gasteiger partial charge >= 0.3 is 5.69 Å². The average molecular weight is 359 g/mol. The third kappa shape index (κ3) is 2.81. The second-order valence-corrected chi connectivity index (χ2v) is 5.53. The molecular formula is C13H13BrClN3O2. The van der Waals surface area contributed by atoms with Crippen molar-refractivity contribution in [3.05, 3.63) is 60.3 Å². The molecule has 0 spiro atoms. The van der Waals surface area contributed by atoms with Crippen LogP contribution in [-0.2, 0) is 20.6 Å². The van der Waals surface area contributed by atoms with E-state index in [1.165, 1.54) is 17.7 Å². The standard InChI is InChI=1S/C13H13BrClN3O2/c1-17-8(6-11(19)18(2)13(17)20)7-16-10-5-3-4-9(15)12(10)14/h3-6,16H,7H2,1-2H3. The topological polar surface area (TPSA) is 56.0 Å². The molecule has 1 N–H and O–H groups in total. The van der Waals surface area contributed by atoms with Crippen LogP contribution in [0.1, 0.15) is 5.69 Å². The second kappa shape index (κ2) is 5.85. The number of benzene rings is 1. The summed E-state index contributed by atoms with van der Waals surface area (Å²) in [5, 5.41) is 3.74. The fourth-order valence-corrected chi connectivity index (χ4v) is 2.35. The number of nitrogens with one attached hydrogen (secondary N) is 1. The third-order valence-corrected chi connectivity index (χ3v) is 4.43. The lowest BCUT2D eigenvalue weighted by Crippen LogP contribution is -2.38. The first-order valence-corrected chi connectivity index (χ1v) is 7.02. The van der Waals surface area contributed by atoms with Crippen LogP contribution < -0.4 is 16.6 Å². The maximum absolute atomic E-state index is 11.8. The van der Waals surface area contributed by atoms with Crippen LogP contribution in [0.5, 0.6) is 0 Å². The van der Waals surface area contributed by atoms with Gasteiger partial charge in [0.1, 0.15) is 0 Å². The predicted octanol–water partition coefficient (Wildman–Crippen LogP) is 2.11. The van der Waals surface area contributed by atoms with Crippen LogP contribution in [0, 0.1) is 0 Å². The minimum Gasteiger partial charge on any atom is -0.379 e. The molecule has 0 bridgehead atoms. The zero-order valence-electron chi connectivity index (χ0n) is 11.0. The Balaban J connectivity index is 2.31. The largest absolute Gasteiger partial charge is 0.379 e. The number of hydrogen-bond donors (Lipinski definition) is 1. The van der Waals surface area contributed by atoms with Crippen molar-refractivity contribution in [2.24, 2.45) is 14.1 Å². The Morgan fingerprint density at radius 2 is 1.95 bits per heavy atom. The van der Waals surface area contributed by atoms with E-state index in [0.29, 0.717) is 17.3 Å². The molecule has 0 aliphatic rings. The Kier molecular flexibility index (Phi) is 4.35. The quantitative estimate of drug-likeness (QED) is 0.914. The first-order chi connectivity index (χ1) is 9.41. The summed E-state index contributed by atoms with van der Waals surface area (Å²) in [4.78, 5) is 23.4. The normalized spacial score (nSPS) is 10.6. The average Bonchev–Trinajstić information content (AvgIpc) is 2.43. The van der Waals surface area contributed by atoms with Crippen LogP contribution in [0.3, 0.4) is 0 Å². The van der Waals surface area contributed by atoms with Crippen molar-refractivity contribution in [3.63, 3.8) is 0 Å². The molecule has 0 saturated carbocycles. The van der Waals surface area contributed by atoms with E-state index in [-0.39, 0.29) is 11.2 Å². The minimum absolute atomic E-state index is 0.324. The number of anilines is 1. The first kappa shape index (κ1) is 14.9. The van der Waals surface area contributed by atoms with Gasteiger partial charge in [-0.3, -0.25) is 13.9 Å². The summed E-state index contributed by atoms with van der Waals surface area (Å²) < 4.78 is 3.25. The van der Waals surface area contributed by atoms with Crippen molar-refractivity contribution >= 4 is 33.2 Å². The van der Waals surface area contributed by atoms with Gasteiger partial charge < -0.3 is 5.32 Å². The zero-order valence-corrected chi connectivity index (χ0v) is 13.3. The summed E-state index contributed by atoms with van der Waals surface area (Å²) in [7, 11) is 3.08. The van der Waals surface area contributed by atoms with Crippen LogP contribution in [0.25, 0.3) is 0 Å². The molecule has 20 heavy (non-hydrogen) atoms. The van der Waals surface area contributed by atoms with Gasteiger partial charge in [0.05, 0.1) is 21.7 Å². The Labute approximate surface area is 128 Å². The van der Waals surface area contributed by atoms with Crippen LogP contribution >= 0.6 is 27.5 Å². The van der Waals surface area contributed by atoms with E-state index in [1.54, 1.807) is 13.1 Å². The lowest BCUT2D eigenvalue weighted by atomic mass is 10.3. The lowest BCUT2D eigenvalue weighted by Gasteiger charge is -2.12. The van der Waals surface area contributed by atoms with Gasteiger partial charge in [-0.1, -0.05) is 17.7 Å². The molecule has 0 aliphatic heterocycles. The molecule has 0 radical (unpaired) electrons. The van der Waals surface area contributed by atoms with E-state index in [4.69, 9.17) is 11.6 Å². The van der Waals surface area contributed by atoms with Crippen molar-refractivity contribution in [3.8, 4) is 0 Å². The Hall–Kier alpha value is -1.53. The molecule has 1 heterocycles. The molecule has 1 aromatic heterocycles. The summed E-state index contributed by atoms with van der Waals surface area (Å²) in [6.45, 7) is 0.348. The third-order valence-electron chi connectivity index (χ3n) is 3.04. The number of hydrogen-bond acceptors (Lipinski definition) is 3. The van der Waals surface area contributed by atoms with E-state index >= 15 is 0 Å². The van der Waals surface area contributed by atoms with Crippen LogP contribution in [0.4, 0.5) is 5.69 Å². The minimum atomic E-state index is -0.348. The molecule has 0 aliphatic carbocycles. The van der Waals surface area contributed by atoms with Gasteiger partial charge in [-0.25, -0.2) is 4.79 Å². The van der Waals surface area contributed by atoms with Crippen LogP contribution in [0.2, 0.25) is 5.02 Å². The highest BCUT2D eigenvalue weighted by molar-refractivity contribution is 9.10. The number of nitrogens with zero attached hydrogens (tertiary/aromatic N) is 2. The molecule has 7 heteroatoms. The van der Waals surface area contributed by atoms with E-state index < -0.39 is 0 Å². The van der Waals surface area contributed by atoms with Crippen molar-refractivity contribution in [1.29, 1.82) is 0 Å². The highest BCUT2D eigenvalue weighted by Crippen LogP contribution is 2.30. The van der Waals surface area contributed by atoms with Crippen molar-refractivity contribution in [2.45, 2.75) is 6.54 Å². The highest BCUT2D eigenvalue weighted by Gasteiger charge is 2.07. The van der Waals surface area contributed by atoms with Gasteiger partial charge in [-0.05, 0) is 28.1 Å². The maximum Gasteiger partial charge on any atom is 0.330 e. The van der Waals surface area contributed by atoms with Crippen molar-refractivity contribution in [2.75, 3.05) is 5.32 Å². The van der Waals surface area contributed by atoms with Crippen molar-refractivity contribution in [1.82, 2.24) is 9.13 Å². The van der Waals surface area contributed by atoms with Gasteiger partial charge in [0, 0.05) is 25.9 Å². The molecule has 1 aromatic carbocycles. The molecule has 106 valence electrons. The fraction of sp³-hybridized carbons (Fsp3) is 0.231. The van der Waals surface area contributed by atoms with E-state index in [1.807, 2.05) is 12.1 Å². The van der Waals surface area contributed by atoms with Gasteiger partial charge in [-0.2, -0.15) is 0 Å². The van der Waals surface area contributed by atoms with Gasteiger partial charge in [0.2, 0.25) is 0 Å².